The normalized spacial score (nSPS) is 11.0. The molecule has 0 radical (unpaired) electrons. The number of ether oxygens (including phenoxy) is 1. The number of hydrogen-bond acceptors (Lipinski definition) is 4. The highest BCUT2D eigenvalue weighted by atomic mass is 16.5. The lowest BCUT2D eigenvalue weighted by Gasteiger charge is -2.08. The summed E-state index contributed by atoms with van der Waals surface area (Å²) in [6, 6.07) is 21.2. The van der Waals surface area contributed by atoms with Crippen molar-refractivity contribution in [3.05, 3.63) is 114 Å². The Morgan fingerprint density at radius 3 is 2.59 bits per heavy atom. The van der Waals surface area contributed by atoms with E-state index in [4.69, 9.17) is 4.74 Å². The van der Waals surface area contributed by atoms with E-state index in [1.54, 1.807) is 18.3 Å². The molecule has 7 heteroatoms. The van der Waals surface area contributed by atoms with Crippen LogP contribution in [-0.2, 0) is 13.0 Å². The maximum atomic E-state index is 12.5. The fourth-order valence-corrected chi connectivity index (χ4v) is 3.74. The second-order valence-electron chi connectivity index (χ2n) is 8.14. The number of nitrogens with one attached hydrogen (secondary N) is 1. The topological polar surface area (TPSA) is 73.4 Å². The molecule has 0 saturated carbocycles. The first-order valence-electron chi connectivity index (χ1n) is 11.2. The van der Waals surface area contributed by atoms with Crippen molar-refractivity contribution in [3.8, 4) is 11.4 Å². The maximum Gasteiger partial charge on any atom is 0.251 e. The molecule has 2 aromatic carbocycles. The summed E-state index contributed by atoms with van der Waals surface area (Å²) < 4.78 is 9.66. The van der Waals surface area contributed by atoms with E-state index in [2.05, 4.69) is 27.5 Å². The molecule has 0 fully saturated rings. The second-order valence-corrected chi connectivity index (χ2v) is 8.14. The van der Waals surface area contributed by atoms with Crippen LogP contribution < -0.4 is 10.1 Å². The molecule has 5 rings (SSSR count). The van der Waals surface area contributed by atoms with Crippen LogP contribution in [0.1, 0.15) is 27.2 Å². The van der Waals surface area contributed by atoms with Crippen molar-refractivity contribution in [1.29, 1.82) is 0 Å². The van der Waals surface area contributed by atoms with Crippen molar-refractivity contribution in [2.45, 2.75) is 20.0 Å². The van der Waals surface area contributed by atoms with Gasteiger partial charge in [0.05, 0.1) is 11.4 Å². The van der Waals surface area contributed by atoms with Gasteiger partial charge in [0.1, 0.15) is 18.0 Å². The zero-order valence-corrected chi connectivity index (χ0v) is 18.9. The van der Waals surface area contributed by atoms with Crippen LogP contribution in [0.3, 0.4) is 0 Å². The zero-order valence-electron chi connectivity index (χ0n) is 18.9. The van der Waals surface area contributed by atoms with E-state index in [-0.39, 0.29) is 5.91 Å². The third kappa shape index (κ3) is 4.99. The molecule has 0 spiro atoms. The smallest absolute Gasteiger partial charge is 0.251 e. The van der Waals surface area contributed by atoms with Gasteiger partial charge in [-0.2, -0.15) is 5.10 Å². The molecule has 0 atom stereocenters. The number of aromatic nitrogens is 4. The first kappa shape index (κ1) is 21.5. The van der Waals surface area contributed by atoms with E-state index in [1.807, 2.05) is 77.1 Å². The van der Waals surface area contributed by atoms with E-state index < -0.39 is 0 Å². The Morgan fingerprint density at radius 2 is 1.82 bits per heavy atom. The highest BCUT2D eigenvalue weighted by Crippen LogP contribution is 2.15. The standard InChI is InChI=1S/C27H25N5O2/c1-20-3-12-26-30-23(18-31(26)17-20)19-34-25-10-6-22(7-11-25)27(33)28-15-13-21-4-8-24(9-5-21)32-16-2-14-29-32/h2-12,14,16-18H,13,15,19H2,1H3,(H,28,33). The number of hydrogen-bond donors (Lipinski definition) is 1. The number of pyridine rings is 1. The predicted octanol–water partition coefficient (Wildman–Crippen LogP) is 4.38. The van der Waals surface area contributed by atoms with Gasteiger partial charge in [-0.1, -0.05) is 18.2 Å². The Morgan fingerprint density at radius 1 is 1.00 bits per heavy atom. The second kappa shape index (κ2) is 9.62. The number of fused-ring (bicyclic) bond motifs is 1. The minimum Gasteiger partial charge on any atom is -0.487 e. The molecular formula is C27H25N5O2. The lowest BCUT2D eigenvalue weighted by molar-refractivity contribution is 0.0954. The molecule has 170 valence electrons. The molecule has 0 unspecified atom stereocenters. The van der Waals surface area contributed by atoms with Crippen molar-refractivity contribution in [3.63, 3.8) is 0 Å². The maximum absolute atomic E-state index is 12.5. The number of carbonyl (C=O) groups is 1. The molecule has 0 bridgehead atoms. The third-order valence-corrected chi connectivity index (χ3v) is 5.56. The van der Waals surface area contributed by atoms with E-state index >= 15 is 0 Å². The molecule has 0 saturated heterocycles. The summed E-state index contributed by atoms with van der Waals surface area (Å²) in [4.78, 5) is 17.0. The lowest BCUT2D eigenvalue weighted by atomic mass is 10.1. The molecule has 34 heavy (non-hydrogen) atoms. The van der Waals surface area contributed by atoms with Crippen LogP contribution in [-0.4, -0.2) is 31.6 Å². The SMILES string of the molecule is Cc1ccc2nc(COc3ccc(C(=O)NCCc4ccc(-n5cccn5)cc4)cc3)cn2c1. The van der Waals surface area contributed by atoms with Crippen LogP contribution in [0.2, 0.25) is 0 Å². The fraction of sp³-hybridized carbons (Fsp3) is 0.148. The molecule has 3 aromatic heterocycles. The number of benzene rings is 2. The Hall–Kier alpha value is -4.39. The Kier molecular flexibility index (Phi) is 6.07. The molecule has 0 aliphatic carbocycles. The largest absolute Gasteiger partial charge is 0.487 e. The minimum absolute atomic E-state index is 0.101. The summed E-state index contributed by atoms with van der Waals surface area (Å²) in [5.74, 6) is 0.595. The van der Waals surface area contributed by atoms with Gasteiger partial charge < -0.3 is 14.5 Å². The first-order valence-corrected chi connectivity index (χ1v) is 11.2. The van der Waals surface area contributed by atoms with Gasteiger partial charge in [0.2, 0.25) is 0 Å². The van der Waals surface area contributed by atoms with Gasteiger partial charge in [-0.3, -0.25) is 4.79 Å². The number of carbonyl (C=O) groups excluding carboxylic acids is 1. The molecule has 0 aliphatic heterocycles. The number of amides is 1. The van der Waals surface area contributed by atoms with Gasteiger partial charge in [0.25, 0.3) is 5.91 Å². The van der Waals surface area contributed by atoms with Crippen molar-refractivity contribution in [2.24, 2.45) is 0 Å². The summed E-state index contributed by atoms with van der Waals surface area (Å²) in [5, 5.41) is 7.20. The monoisotopic (exact) mass is 451 g/mol. The molecule has 5 aromatic rings. The fourth-order valence-electron chi connectivity index (χ4n) is 3.74. The van der Waals surface area contributed by atoms with Gasteiger partial charge in [-0.25, -0.2) is 9.67 Å². The Balaban J connectivity index is 1.10. The number of rotatable bonds is 8. The van der Waals surface area contributed by atoms with Gasteiger partial charge in [0, 0.05) is 36.9 Å². The number of aryl methyl sites for hydroxylation is 1. The van der Waals surface area contributed by atoms with Crippen LogP contribution in [0.25, 0.3) is 11.3 Å². The molecule has 1 N–H and O–H groups in total. The summed E-state index contributed by atoms with van der Waals surface area (Å²) in [5.41, 5.74) is 5.69. The molecule has 3 heterocycles. The zero-order chi connectivity index (χ0) is 23.3. The van der Waals surface area contributed by atoms with Crippen LogP contribution >= 0.6 is 0 Å². The van der Waals surface area contributed by atoms with Crippen LogP contribution in [0.5, 0.6) is 5.75 Å². The van der Waals surface area contributed by atoms with E-state index in [0.717, 1.165) is 29.0 Å². The molecule has 1 amide bonds. The van der Waals surface area contributed by atoms with Gasteiger partial charge in [-0.15, -0.1) is 0 Å². The quantitative estimate of drug-likeness (QED) is 0.380. The van der Waals surface area contributed by atoms with Crippen LogP contribution in [0.4, 0.5) is 0 Å². The average molecular weight is 452 g/mol. The summed E-state index contributed by atoms with van der Waals surface area (Å²) in [6.07, 6.45) is 8.42. The van der Waals surface area contributed by atoms with Gasteiger partial charge in [-0.05, 0) is 73.0 Å². The van der Waals surface area contributed by atoms with E-state index in [0.29, 0.717) is 24.5 Å². The van der Waals surface area contributed by atoms with Crippen molar-refractivity contribution >= 4 is 11.6 Å². The van der Waals surface area contributed by atoms with Crippen LogP contribution in [0.15, 0.2) is 91.5 Å². The molecular weight excluding hydrogens is 426 g/mol. The van der Waals surface area contributed by atoms with Crippen LogP contribution in [0, 0.1) is 6.92 Å². The van der Waals surface area contributed by atoms with Gasteiger partial charge >= 0.3 is 0 Å². The van der Waals surface area contributed by atoms with E-state index in [9.17, 15) is 4.79 Å². The first-order chi connectivity index (χ1) is 16.6. The highest BCUT2D eigenvalue weighted by Gasteiger charge is 2.07. The number of imidazole rings is 1. The predicted molar refractivity (Wildman–Crippen MR) is 130 cm³/mol. The molecule has 0 aliphatic rings. The van der Waals surface area contributed by atoms with Gasteiger partial charge in [0.15, 0.2) is 0 Å². The summed E-state index contributed by atoms with van der Waals surface area (Å²) >= 11 is 0. The summed E-state index contributed by atoms with van der Waals surface area (Å²) in [7, 11) is 0. The lowest BCUT2D eigenvalue weighted by Crippen LogP contribution is -2.25. The third-order valence-electron chi connectivity index (χ3n) is 5.56. The van der Waals surface area contributed by atoms with Crippen molar-refractivity contribution in [2.75, 3.05) is 6.54 Å². The Bertz CT molecular complexity index is 1390. The average Bonchev–Trinajstić information content (AvgIpc) is 3.53. The highest BCUT2D eigenvalue weighted by molar-refractivity contribution is 5.94. The van der Waals surface area contributed by atoms with E-state index in [1.165, 1.54) is 5.56 Å². The summed E-state index contributed by atoms with van der Waals surface area (Å²) in [6.45, 7) is 2.98. The van der Waals surface area contributed by atoms with Crippen molar-refractivity contribution in [1.82, 2.24) is 24.5 Å². The Labute approximate surface area is 197 Å². The minimum atomic E-state index is -0.101. The molecule has 7 nitrogen and oxygen atoms in total. The number of nitrogens with zero attached hydrogens (tertiary/aromatic N) is 4. The van der Waals surface area contributed by atoms with Crippen molar-refractivity contribution < 1.29 is 9.53 Å².